The third kappa shape index (κ3) is 2.64. The highest BCUT2D eigenvalue weighted by molar-refractivity contribution is 5.99. The van der Waals surface area contributed by atoms with Gasteiger partial charge in [-0.05, 0) is 41.6 Å². The summed E-state index contributed by atoms with van der Waals surface area (Å²) in [4.78, 5) is 27.0. The topological polar surface area (TPSA) is 73.1 Å². The van der Waals surface area contributed by atoms with Crippen LogP contribution in [0, 0.1) is 4.91 Å². The van der Waals surface area contributed by atoms with Crippen LogP contribution in [0.25, 0.3) is 0 Å². The predicted octanol–water partition coefficient (Wildman–Crippen LogP) is 2.59. The van der Waals surface area contributed by atoms with E-state index in [2.05, 4.69) is 10.2 Å². The van der Waals surface area contributed by atoms with E-state index in [1.165, 1.54) is 17.9 Å². The molecule has 0 aliphatic heterocycles. The van der Waals surface area contributed by atoms with Gasteiger partial charge in [-0.3, -0.25) is 0 Å². The molecular formula is C14H14N3O3+. The number of aromatic amines is 1. The molecule has 1 heterocycles. The number of carbonyl (C=O) groups excluding carboxylic acids is 1. The minimum absolute atomic E-state index is 0.165. The molecule has 0 radical (unpaired) electrons. The standard InChI is InChI=1S/C14H13N3O3/c1-10(18)17(11-5-7-12(20-2)8-6-11)14-13(16-19)4-3-9-15-14/h3-9H,1-2H3/p+1. The number of ether oxygens (including phenoxy) is 1. The Hall–Kier alpha value is -2.76. The molecule has 20 heavy (non-hydrogen) atoms. The molecule has 1 amide bonds. The Morgan fingerprint density at radius 3 is 2.50 bits per heavy atom. The van der Waals surface area contributed by atoms with Crippen LogP contribution < -0.4 is 14.6 Å². The normalized spacial score (nSPS) is 9.90. The lowest BCUT2D eigenvalue weighted by atomic mass is 10.2. The van der Waals surface area contributed by atoms with E-state index >= 15 is 0 Å². The molecule has 0 aliphatic carbocycles. The molecule has 0 saturated heterocycles. The predicted molar refractivity (Wildman–Crippen MR) is 74.3 cm³/mol. The van der Waals surface area contributed by atoms with Crippen molar-refractivity contribution in [3.05, 3.63) is 47.5 Å². The van der Waals surface area contributed by atoms with Crippen LogP contribution in [0.2, 0.25) is 0 Å². The minimum Gasteiger partial charge on any atom is -0.497 e. The molecule has 0 spiro atoms. The summed E-state index contributed by atoms with van der Waals surface area (Å²) in [6.07, 6.45) is 1.63. The molecular weight excluding hydrogens is 258 g/mol. The first-order chi connectivity index (χ1) is 9.67. The second kappa shape index (κ2) is 5.92. The zero-order valence-corrected chi connectivity index (χ0v) is 11.2. The lowest BCUT2D eigenvalue weighted by Gasteiger charge is -2.13. The Labute approximate surface area is 116 Å². The van der Waals surface area contributed by atoms with Crippen LogP contribution >= 0.6 is 0 Å². The van der Waals surface area contributed by atoms with Gasteiger partial charge < -0.3 is 4.74 Å². The summed E-state index contributed by atoms with van der Waals surface area (Å²) in [5.41, 5.74) is 0.782. The number of aromatic nitrogens is 1. The van der Waals surface area contributed by atoms with E-state index in [1.54, 1.807) is 43.6 Å². The van der Waals surface area contributed by atoms with E-state index in [-0.39, 0.29) is 11.6 Å². The molecule has 0 fully saturated rings. The fourth-order valence-corrected chi connectivity index (χ4v) is 1.87. The Morgan fingerprint density at radius 2 is 1.95 bits per heavy atom. The molecule has 2 rings (SSSR count). The first-order valence-corrected chi connectivity index (χ1v) is 5.96. The minimum atomic E-state index is -0.234. The van der Waals surface area contributed by atoms with Crippen LogP contribution in [-0.2, 0) is 4.79 Å². The van der Waals surface area contributed by atoms with Crippen LogP contribution in [-0.4, -0.2) is 13.0 Å². The number of nitrogens with zero attached hydrogens (tertiary/aromatic N) is 2. The summed E-state index contributed by atoms with van der Waals surface area (Å²) in [6.45, 7) is 1.42. The van der Waals surface area contributed by atoms with E-state index in [9.17, 15) is 9.70 Å². The van der Waals surface area contributed by atoms with Gasteiger partial charge >= 0.3 is 11.7 Å². The summed E-state index contributed by atoms with van der Waals surface area (Å²) in [5.74, 6) is 0.783. The number of amides is 1. The van der Waals surface area contributed by atoms with Crippen LogP contribution in [0.4, 0.5) is 17.2 Å². The molecule has 6 nitrogen and oxygen atoms in total. The average molecular weight is 272 g/mol. The van der Waals surface area contributed by atoms with Crippen molar-refractivity contribution in [1.82, 2.24) is 0 Å². The van der Waals surface area contributed by atoms with Crippen LogP contribution in [0.5, 0.6) is 5.75 Å². The zero-order chi connectivity index (χ0) is 14.5. The second-order valence-corrected chi connectivity index (χ2v) is 4.05. The second-order valence-electron chi connectivity index (χ2n) is 4.05. The quantitative estimate of drug-likeness (QED) is 0.803. The first-order valence-electron chi connectivity index (χ1n) is 5.96. The highest BCUT2D eigenvalue weighted by Crippen LogP contribution is 2.30. The molecule has 2 aromatic rings. The highest BCUT2D eigenvalue weighted by atomic mass is 16.5. The van der Waals surface area contributed by atoms with Crippen molar-refractivity contribution in [3.8, 4) is 5.75 Å². The lowest BCUT2D eigenvalue weighted by Crippen LogP contribution is -2.28. The van der Waals surface area contributed by atoms with Gasteiger partial charge in [-0.25, -0.2) is 9.78 Å². The van der Waals surface area contributed by atoms with E-state index < -0.39 is 0 Å². The number of pyridine rings is 1. The number of nitroso groups, excluding NO2 is 1. The van der Waals surface area contributed by atoms with E-state index in [4.69, 9.17) is 4.74 Å². The molecule has 0 atom stereocenters. The van der Waals surface area contributed by atoms with E-state index in [0.717, 1.165) is 0 Å². The van der Waals surface area contributed by atoms with E-state index in [0.29, 0.717) is 17.3 Å². The number of hydrogen-bond donors (Lipinski definition) is 0. The Balaban J connectivity index is 2.50. The summed E-state index contributed by atoms with van der Waals surface area (Å²) in [6, 6.07) is 10.1. The third-order valence-electron chi connectivity index (χ3n) is 2.78. The largest absolute Gasteiger partial charge is 0.497 e. The molecule has 0 aliphatic rings. The summed E-state index contributed by atoms with van der Waals surface area (Å²) >= 11 is 0. The van der Waals surface area contributed by atoms with Gasteiger partial charge in [-0.2, -0.15) is 4.90 Å². The maximum absolute atomic E-state index is 11.9. The number of benzene rings is 1. The van der Waals surface area contributed by atoms with Crippen molar-refractivity contribution in [3.63, 3.8) is 0 Å². The maximum Gasteiger partial charge on any atom is 0.316 e. The molecule has 0 bridgehead atoms. The summed E-state index contributed by atoms with van der Waals surface area (Å²) in [7, 11) is 1.57. The SMILES string of the molecule is COc1ccc(N(C(C)=O)c2[nH+]cccc2N=O)cc1. The fraction of sp³-hybridized carbons (Fsp3) is 0.143. The number of H-pyrrole nitrogens is 1. The van der Waals surface area contributed by atoms with Crippen molar-refractivity contribution in [1.29, 1.82) is 0 Å². The van der Waals surface area contributed by atoms with Crippen LogP contribution in [0.3, 0.4) is 0 Å². The van der Waals surface area contributed by atoms with Crippen molar-refractivity contribution >= 4 is 23.1 Å². The average Bonchev–Trinajstić information content (AvgIpc) is 2.48. The third-order valence-corrected chi connectivity index (χ3v) is 2.78. The van der Waals surface area contributed by atoms with Crippen molar-refractivity contribution in [2.75, 3.05) is 12.0 Å². The van der Waals surface area contributed by atoms with Crippen LogP contribution in [0.1, 0.15) is 6.92 Å². The number of hydrogen-bond acceptors (Lipinski definition) is 4. The molecule has 102 valence electrons. The number of methoxy groups -OCH3 is 1. The summed E-state index contributed by atoms with van der Waals surface area (Å²) in [5, 5.41) is 2.93. The monoisotopic (exact) mass is 272 g/mol. The molecule has 0 unspecified atom stereocenters. The number of anilines is 2. The van der Waals surface area contributed by atoms with Crippen molar-refractivity contribution < 1.29 is 14.5 Å². The van der Waals surface area contributed by atoms with Gasteiger partial charge in [0.15, 0.2) is 5.69 Å². The molecule has 1 aromatic heterocycles. The van der Waals surface area contributed by atoms with E-state index in [1.807, 2.05) is 0 Å². The Kier molecular flexibility index (Phi) is 4.05. The zero-order valence-electron chi connectivity index (χ0n) is 11.2. The number of nitrogens with one attached hydrogen (secondary N) is 1. The molecule has 1 aromatic carbocycles. The molecule has 0 saturated carbocycles. The maximum atomic E-state index is 11.9. The highest BCUT2D eigenvalue weighted by Gasteiger charge is 2.27. The number of carbonyl (C=O) groups is 1. The lowest BCUT2D eigenvalue weighted by molar-refractivity contribution is -0.362. The fourth-order valence-electron chi connectivity index (χ4n) is 1.87. The smallest absolute Gasteiger partial charge is 0.316 e. The van der Waals surface area contributed by atoms with Crippen molar-refractivity contribution in [2.45, 2.75) is 6.92 Å². The van der Waals surface area contributed by atoms with Gasteiger partial charge in [-0.15, -0.1) is 4.91 Å². The Morgan fingerprint density at radius 1 is 1.25 bits per heavy atom. The van der Waals surface area contributed by atoms with Gasteiger partial charge in [0.25, 0.3) is 0 Å². The van der Waals surface area contributed by atoms with Gasteiger partial charge in [0, 0.05) is 6.92 Å². The van der Waals surface area contributed by atoms with Crippen molar-refractivity contribution in [2.24, 2.45) is 5.18 Å². The van der Waals surface area contributed by atoms with Gasteiger partial charge in [0.1, 0.15) is 11.4 Å². The summed E-state index contributed by atoms with van der Waals surface area (Å²) < 4.78 is 5.08. The van der Waals surface area contributed by atoms with Crippen LogP contribution in [0.15, 0.2) is 47.8 Å². The number of rotatable bonds is 4. The van der Waals surface area contributed by atoms with Gasteiger partial charge in [-0.1, -0.05) is 0 Å². The first kappa shape index (κ1) is 13.7. The molecule has 6 heteroatoms. The molecule has 1 N–H and O–H groups in total. The Bertz CT molecular complexity index is 626. The van der Waals surface area contributed by atoms with Gasteiger partial charge in [0.05, 0.1) is 13.3 Å². The van der Waals surface area contributed by atoms with Gasteiger partial charge in [0.2, 0.25) is 0 Å².